The average Bonchev–Trinajstić information content (AvgIpc) is 3.20. The molecule has 1 aromatic heterocycles. The van der Waals surface area contributed by atoms with Crippen molar-refractivity contribution in [1.82, 2.24) is 20.7 Å². The standard InChI is InChI=1S/C23H35N5O2/c1-5-24-23(26-14-21-12-22(17(2)3)27-30-21)25-13-19-7-6-8-20(11-19)16-28-9-10-29-18(4)15-28/h6-8,11-12,17-18H,5,9-10,13-16H2,1-4H3,(H2,24,25,26). The Bertz CT molecular complexity index is 817. The number of nitrogens with zero attached hydrogens (tertiary/aromatic N) is 3. The van der Waals surface area contributed by atoms with Gasteiger partial charge in [0.1, 0.15) is 0 Å². The van der Waals surface area contributed by atoms with Crippen molar-refractivity contribution in [2.24, 2.45) is 4.99 Å². The molecule has 0 amide bonds. The van der Waals surface area contributed by atoms with E-state index in [4.69, 9.17) is 14.3 Å². The van der Waals surface area contributed by atoms with Gasteiger partial charge in [0.15, 0.2) is 11.7 Å². The smallest absolute Gasteiger partial charge is 0.191 e. The minimum absolute atomic E-state index is 0.307. The highest BCUT2D eigenvalue weighted by Gasteiger charge is 2.16. The summed E-state index contributed by atoms with van der Waals surface area (Å²) in [6.45, 7) is 14.1. The maximum Gasteiger partial charge on any atom is 0.191 e. The molecule has 7 heteroatoms. The molecule has 2 N–H and O–H groups in total. The molecule has 0 spiro atoms. The number of morpholine rings is 1. The number of aromatic nitrogens is 1. The number of guanidine groups is 1. The Labute approximate surface area is 179 Å². The Morgan fingerprint density at radius 3 is 2.83 bits per heavy atom. The molecule has 0 aliphatic carbocycles. The van der Waals surface area contributed by atoms with Crippen LogP contribution < -0.4 is 10.6 Å². The summed E-state index contributed by atoms with van der Waals surface area (Å²) in [6, 6.07) is 10.7. The molecule has 0 radical (unpaired) electrons. The number of nitrogens with one attached hydrogen (secondary N) is 2. The van der Waals surface area contributed by atoms with Gasteiger partial charge in [0.25, 0.3) is 0 Å². The Morgan fingerprint density at radius 1 is 1.27 bits per heavy atom. The van der Waals surface area contributed by atoms with Crippen LogP contribution in [0.3, 0.4) is 0 Å². The fraction of sp³-hybridized carbons (Fsp3) is 0.565. The largest absolute Gasteiger partial charge is 0.376 e. The van der Waals surface area contributed by atoms with Crippen LogP contribution in [0.5, 0.6) is 0 Å². The normalized spacial score (nSPS) is 18.0. The summed E-state index contributed by atoms with van der Waals surface area (Å²) in [6.07, 6.45) is 0.307. The molecule has 2 heterocycles. The molecule has 7 nitrogen and oxygen atoms in total. The molecular weight excluding hydrogens is 378 g/mol. The van der Waals surface area contributed by atoms with Gasteiger partial charge in [0.05, 0.1) is 31.5 Å². The van der Waals surface area contributed by atoms with Gasteiger partial charge in [0.2, 0.25) is 0 Å². The highest BCUT2D eigenvalue weighted by Crippen LogP contribution is 2.14. The van der Waals surface area contributed by atoms with Gasteiger partial charge in [-0.3, -0.25) is 4.90 Å². The van der Waals surface area contributed by atoms with E-state index in [2.05, 4.69) is 72.7 Å². The molecule has 1 aliphatic heterocycles. The highest BCUT2D eigenvalue weighted by atomic mass is 16.5. The Morgan fingerprint density at radius 2 is 2.10 bits per heavy atom. The monoisotopic (exact) mass is 413 g/mol. The molecule has 1 fully saturated rings. The van der Waals surface area contributed by atoms with Gasteiger partial charge in [-0.2, -0.15) is 0 Å². The first-order valence-corrected chi connectivity index (χ1v) is 10.9. The van der Waals surface area contributed by atoms with Crippen molar-refractivity contribution in [2.75, 3.05) is 26.2 Å². The van der Waals surface area contributed by atoms with Gasteiger partial charge in [0, 0.05) is 32.2 Å². The van der Waals surface area contributed by atoms with Crippen LogP contribution in [0.1, 0.15) is 56.2 Å². The molecular formula is C23H35N5O2. The Hall–Kier alpha value is -2.38. The molecule has 1 aromatic carbocycles. The van der Waals surface area contributed by atoms with Gasteiger partial charge in [-0.05, 0) is 30.9 Å². The van der Waals surface area contributed by atoms with Gasteiger partial charge in [-0.25, -0.2) is 4.99 Å². The summed E-state index contributed by atoms with van der Waals surface area (Å²) in [5.74, 6) is 1.94. The van der Waals surface area contributed by atoms with Gasteiger partial charge in [-0.1, -0.05) is 43.3 Å². The first kappa shape index (κ1) is 22.3. The molecule has 2 aromatic rings. The second-order valence-electron chi connectivity index (χ2n) is 8.16. The van der Waals surface area contributed by atoms with Crippen molar-refractivity contribution in [3.8, 4) is 0 Å². The number of aliphatic imine (C=N–C) groups is 1. The maximum atomic E-state index is 5.64. The van der Waals surface area contributed by atoms with Crippen LogP contribution in [0.4, 0.5) is 0 Å². The lowest BCUT2D eigenvalue weighted by molar-refractivity contribution is -0.0212. The first-order chi connectivity index (χ1) is 14.5. The van der Waals surface area contributed by atoms with Crippen LogP contribution in [0.25, 0.3) is 0 Å². The van der Waals surface area contributed by atoms with E-state index in [1.807, 2.05) is 6.07 Å². The van der Waals surface area contributed by atoms with Crippen molar-refractivity contribution >= 4 is 5.96 Å². The minimum atomic E-state index is 0.307. The number of rotatable bonds is 8. The fourth-order valence-corrected chi connectivity index (χ4v) is 3.49. The Kier molecular flexibility index (Phi) is 8.28. The molecule has 3 rings (SSSR count). The van der Waals surface area contributed by atoms with Gasteiger partial charge >= 0.3 is 0 Å². The van der Waals surface area contributed by atoms with E-state index in [-0.39, 0.29) is 0 Å². The van der Waals surface area contributed by atoms with E-state index in [1.165, 1.54) is 11.1 Å². The quantitative estimate of drug-likeness (QED) is 0.511. The molecule has 0 saturated carbocycles. The molecule has 1 aliphatic rings. The lowest BCUT2D eigenvalue weighted by Crippen LogP contribution is -2.40. The predicted octanol–water partition coefficient (Wildman–Crippen LogP) is 3.27. The maximum absolute atomic E-state index is 5.64. The molecule has 1 saturated heterocycles. The third-order valence-corrected chi connectivity index (χ3v) is 5.09. The summed E-state index contributed by atoms with van der Waals surface area (Å²) < 4.78 is 11.0. The average molecular weight is 414 g/mol. The highest BCUT2D eigenvalue weighted by molar-refractivity contribution is 5.79. The van der Waals surface area contributed by atoms with Crippen molar-refractivity contribution < 1.29 is 9.26 Å². The van der Waals surface area contributed by atoms with E-state index < -0.39 is 0 Å². The third-order valence-electron chi connectivity index (χ3n) is 5.09. The lowest BCUT2D eigenvalue weighted by atomic mass is 10.1. The van der Waals surface area contributed by atoms with Crippen molar-refractivity contribution in [3.63, 3.8) is 0 Å². The first-order valence-electron chi connectivity index (χ1n) is 10.9. The molecule has 1 atom stereocenters. The molecule has 0 bridgehead atoms. The summed E-state index contributed by atoms with van der Waals surface area (Å²) in [5.41, 5.74) is 3.49. The third kappa shape index (κ3) is 6.85. The number of ether oxygens (including phenoxy) is 1. The van der Waals surface area contributed by atoms with E-state index in [0.717, 1.165) is 50.2 Å². The van der Waals surface area contributed by atoms with Crippen LogP contribution in [-0.4, -0.2) is 48.4 Å². The number of hydrogen-bond donors (Lipinski definition) is 2. The van der Waals surface area contributed by atoms with Crippen LogP contribution in [0.2, 0.25) is 0 Å². The fourth-order valence-electron chi connectivity index (χ4n) is 3.49. The van der Waals surface area contributed by atoms with Crippen molar-refractivity contribution in [3.05, 3.63) is 52.9 Å². The second-order valence-corrected chi connectivity index (χ2v) is 8.16. The summed E-state index contributed by atoms with van der Waals surface area (Å²) in [7, 11) is 0. The van der Waals surface area contributed by atoms with Crippen LogP contribution in [0.15, 0.2) is 39.8 Å². The van der Waals surface area contributed by atoms with E-state index in [9.17, 15) is 0 Å². The van der Waals surface area contributed by atoms with Crippen LogP contribution in [-0.2, 0) is 24.4 Å². The van der Waals surface area contributed by atoms with Crippen molar-refractivity contribution in [2.45, 2.75) is 59.4 Å². The molecule has 164 valence electrons. The zero-order chi connectivity index (χ0) is 21.3. The molecule has 30 heavy (non-hydrogen) atoms. The van der Waals surface area contributed by atoms with E-state index in [1.54, 1.807) is 0 Å². The Balaban J connectivity index is 1.56. The van der Waals surface area contributed by atoms with E-state index >= 15 is 0 Å². The van der Waals surface area contributed by atoms with Gasteiger partial charge < -0.3 is 19.9 Å². The van der Waals surface area contributed by atoms with Crippen LogP contribution in [0, 0.1) is 0 Å². The molecule has 1 unspecified atom stereocenters. The van der Waals surface area contributed by atoms with Crippen molar-refractivity contribution in [1.29, 1.82) is 0 Å². The van der Waals surface area contributed by atoms with E-state index in [0.29, 0.717) is 25.1 Å². The summed E-state index contributed by atoms with van der Waals surface area (Å²) in [4.78, 5) is 7.19. The topological polar surface area (TPSA) is 74.9 Å². The zero-order valence-electron chi connectivity index (χ0n) is 18.6. The number of hydrogen-bond acceptors (Lipinski definition) is 5. The van der Waals surface area contributed by atoms with Gasteiger partial charge in [-0.15, -0.1) is 0 Å². The van der Waals surface area contributed by atoms with Crippen LogP contribution >= 0.6 is 0 Å². The SMILES string of the molecule is CCNC(=NCc1cccc(CN2CCOC(C)C2)c1)NCc1cc(C(C)C)no1. The summed E-state index contributed by atoms with van der Waals surface area (Å²) in [5, 5.41) is 10.7. The second kappa shape index (κ2) is 11.1. The lowest BCUT2D eigenvalue weighted by Gasteiger charge is -2.31. The predicted molar refractivity (Wildman–Crippen MR) is 119 cm³/mol. The summed E-state index contributed by atoms with van der Waals surface area (Å²) >= 11 is 0. The minimum Gasteiger partial charge on any atom is -0.376 e. The number of benzene rings is 1. The zero-order valence-corrected chi connectivity index (χ0v) is 18.6.